The Labute approximate surface area is 179 Å². The molecular formula is C22H31BN3O4. The van der Waals surface area contributed by atoms with E-state index in [-0.39, 0.29) is 30.9 Å². The zero-order valence-electron chi connectivity index (χ0n) is 18.1. The van der Waals surface area contributed by atoms with Crippen molar-refractivity contribution in [2.75, 3.05) is 26.7 Å². The van der Waals surface area contributed by atoms with Gasteiger partial charge in [-0.1, -0.05) is 13.8 Å². The number of benzene rings is 1. The minimum absolute atomic E-state index is 0.0702. The number of hydrogen-bond donors (Lipinski definition) is 1. The van der Waals surface area contributed by atoms with Crippen molar-refractivity contribution in [2.24, 2.45) is 0 Å². The van der Waals surface area contributed by atoms with Crippen LogP contribution in [0.1, 0.15) is 55.5 Å². The Morgan fingerprint density at radius 3 is 2.60 bits per heavy atom. The van der Waals surface area contributed by atoms with Gasteiger partial charge in [0.25, 0.3) is 0 Å². The van der Waals surface area contributed by atoms with Crippen molar-refractivity contribution in [3.05, 3.63) is 29.3 Å². The summed E-state index contributed by atoms with van der Waals surface area (Å²) >= 11 is 0. The third-order valence-electron chi connectivity index (χ3n) is 5.18. The monoisotopic (exact) mass is 412 g/mol. The Morgan fingerprint density at radius 1 is 1.30 bits per heavy atom. The van der Waals surface area contributed by atoms with E-state index in [1.54, 1.807) is 35.0 Å². The van der Waals surface area contributed by atoms with E-state index in [0.717, 1.165) is 12.8 Å². The number of fused-ring (bicyclic) bond motifs is 1. The van der Waals surface area contributed by atoms with E-state index in [4.69, 9.17) is 12.2 Å². The molecule has 161 valence electrons. The SMILES string of the molecule is [B]=CCCC(C(=O)NC)N1Cc2c(OCC(=O)N(CCC)CCC)cccc2C1=O. The number of carbonyl (C=O) groups excluding carboxylic acids is 3. The Morgan fingerprint density at radius 2 is 2.00 bits per heavy atom. The summed E-state index contributed by atoms with van der Waals surface area (Å²) in [6.45, 7) is 5.64. The molecule has 8 heteroatoms. The molecule has 0 aliphatic carbocycles. The van der Waals surface area contributed by atoms with Gasteiger partial charge in [0.1, 0.15) is 0 Å². The van der Waals surface area contributed by atoms with Gasteiger partial charge >= 0.3 is 140 Å². The number of carbonyl (C=O) groups is 3. The number of rotatable bonds is 12. The topological polar surface area (TPSA) is 79.0 Å². The normalized spacial score (nSPS) is 13.5. The van der Waals surface area contributed by atoms with Crippen LogP contribution in [-0.2, 0) is 16.1 Å². The Kier molecular flexibility index (Phi) is 9.08. The molecule has 0 fully saturated rings. The van der Waals surface area contributed by atoms with Crippen LogP contribution >= 0.6 is 0 Å². The first-order valence-electron chi connectivity index (χ1n) is 10.6. The maximum absolute atomic E-state index is 13.0. The number of ether oxygens (including phenoxy) is 1. The summed E-state index contributed by atoms with van der Waals surface area (Å²) in [5.41, 5.74) is 1.21. The van der Waals surface area contributed by atoms with Crippen molar-refractivity contribution in [3.63, 3.8) is 0 Å². The molecule has 0 spiro atoms. The molecule has 0 saturated heterocycles. The second-order valence-corrected chi connectivity index (χ2v) is 7.33. The van der Waals surface area contributed by atoms with Crippen LogP contribution < -0.4 is 10.1 Å². The molecule has 0 saturated carbocycles. The van der Waals surface area contributed by atoms with Gasteiger partial charge in [-0.25, -0.2) is 0 Å². The van der Waals surface area contributed by atoms with Crippen LogP contribution in [0.5, 0.6) is 5.75 Å². The average Bonchev–Trinajstić information content (AvgIpc) is 3.09. The first-order chi connectivity index (χ1) is 14.5. The first-order valence-corrected chi connectivity index (χ1v) is 10.6. The van der Waals surface area contributed by atoms with E-state index in [1.165, 1.54) is 5.97 Å². The first kappa shape index (κ1) is 23.6. The number of hydrogen-bond acceptors (Lipinski definition) is 4. The van der Waals surface area contributed by atoms with Crippen LogP contribution in [0, 0.1) is 0 Å². The van der Waals surface area contributed by atoms with Gasteiger partial charge in [-0.15, -0.1) is 0 Å². The quantitative estimate of drug-likeness (QED) is 0.529. The summed E-state index contributed by atoms with van der Waals surface area (Å²) in [7, 11) is 7.03. The van der Waals surface area contributed by atoms with Gasteiger partial charge in [0.15, 0.2) is 0 Å². The van der Waals surface area contributed by atoms with Crippen LogP contribution in [0.25, 0.3) is 0 Å². The van der Waals surface area contributed by atoms with Crippen molar-refractivity contribution in [2.45, 2.75) is 52.1 Å². The molecule has 7 nitrogen and oxygen atoms in total. The van der Waals surface area contributed by atoms with Gasteiger partial charge < -0.3 is 0 Å². The predicted octanol–water partition coefficient (Wildman–Crippen LogP) is 1.54. The number of nitrogens with one attached hydrogen (secondary N) is 1. The third-order valence-corrected chi connectivity index (χ3v) is 5.18. The number of amides is 3. The third kappa shape index (κ3) is 5.49. The van der Waals surface area contributed by atoms with E-state index in [0.29, 0.717) is 42.8 Å². The van der Waals surface area contributed by atoms with Crippen LogP contribution in [0.4, 0.5) is 0 Å². The summed E-state index contributed by atoms with van der Waals surface area (Å²) in [4.78, 5) is 41.2. The molecule has 1 atom stereocenters. The molecule has 1 heterocycles. The molecule has 1 aromatic rings. The fraction of sp³-hybridized carbons (Fsp3) is 0.545. The molecule has 1 aliphatic rings. The van der Waals surface area contributed by atoms with E-state index in [2.05, 4.69) is 5.32 Å². The Hall–Kier alpha value is -2.64. The second kappa shape index (κ2) is 11.5. The molecule has 1 aromatic carbocycles. The zero-order chi connectivity index (χ0) is 22.1. The van der Waals surface area contributed by atoms with Gasteiger partial charge in [0.05, 0.1) is 0 Å². The summed E-state index contributed by atoms with van der Waals surface area (Å²) < 4.78 is 5.83. The maximum atomic E-state index is 13.0. The summed E-state index contributed by atoms with van der Waals surface area (Å²) in [6.07, 6.45) is 2.72. The van der Waals surface area contributed by atoms with Gasteiger partial charge in [0.2, 0.25) is 0 Å². The second-order valence-electron chi connectivity index (χ2n) is 7.33. The fourth-order valence-electron chi connectivity index (χ4n) is 3.69. The molecule has 0 aromatic heterocycles. The van der Waals surface area contributed by atoms with Gasteiger partial charge in [-0.3, -0.25) is 0 Å². The summed E-state index contributed by atoms with van der Waals surface area (Å²) in [5.74, 6) is 1.48. The van der Waals surface area contributed by atoms with Crippen molar-refractivity contribution in [3.8, 4) is 5.75 Å². The predicted molar refractivity (Wildman–Crippen MR) is 118 cm³/mol. The van der Waals surface area contributed by atoms with Crippen LogP contribution in [-0.4, -0.2) is 73.8 Å². The fourth-order valence-corrected chi connectivity index (χ4v) is 3.69. The van der Waals surface area contributed by atoms with Crippen molar-refractivity contribution in [1.29, 1.82) is 0 Å². The molecule has 1 radical (unpaired) electrons. The summed E-state index contributed by atoms with van der Waals surface area (Å²) in [5, 5.41) is 2.62. The molecule has 1 aliphatic heterocycles. The molecule has 0 bridgehead atoms. The molecular weight excluding hydrogens is 381 g/mol. The van der Waals surface area contributed by atoms with Crippen molar-refractivity contribution >= 4 is 31.2 Å². The molecule has 30 heavy (non-hydrogen) atoms. The zero-order valence-corrected chi connectivity index (χ0v) is 18.1. The van der Waals surface area contributed by atoms with Gasteiger partial charge in [-0.2, -0.15) is 0 Å². The average molecular weight is 412 g/mol. The molecule has 1 unspecified atom stereocenters. The van der Waals surface area contributed by atoms with Crippen LogP contribution in [0.2, 0.25) is 0 Å². The number of nitrogens with zero attached hydrogens (tertiary/aromatic N) is 2. The van der Waals surface area contributed by atoms with Crippen molar-refractivity contribution < 1.29 is 19.1 Å². The van der Waals surface area contributed by atoms with E-state index in [9.17, 15) is 14.4 Å². The standard InChI is InChI=1S/C22H31BN3O4/c1-4-12-25(13-5-2)20(27)15-30-19-10-6-8-16-17(19)14-26(22(16)29)18(9-7-11-23)21(28)24-3/h6,8,10-11,18H,4-5,7,9,12-15H2,1-3H3,(H,24,28). The summed E-state index contributed by atoms with van der Waals surface area (Å²) in [6, 6.07) is 4.60. The van der Waals surface area contributed by atoms with E-state index in [1.807, 2.05) is 13.8 Å². The number of likely N-dealkylation sites (N-methyl/N-ethyl adjacent to an activating group) is 1. The van der Waals surface area contributed by atoms with E-state index >= 15 is 0 Å². The van der Waals surface area contributed by atoms with E-state index < -0.39 is 6.04 Å². The van der Waals surface area contributed by atoms with Gasteiger partial charge in [0, 0.05) is 13.1 Å². The minimum atomic E-state index is -0.617. The van der Waals surface area contributed by atoms with Crippen LogP contribution in [0.15, 0.2) is 18.2 Å². The van der Waals surface area contributed by atoms with Gasteiger partial charge in [-0.05, 0) is 12.8 Å². The Bertz CT molecular complexity index is 778. The Balaban J connectivity index is 2.16. The molecule has 2 rings (SSSR count). The molecule has 1 N–H and O–H groups in total. The van der Waals surface area contributed by atoms with Crippen molar-refractivity contribution in [1.82, 2.24) is 15.1 Å². The molecule has 3 amide bonds. The van der Waals surface area contributed by atoms with Crippen LogP contribution in [0.3, 0.4) is 0 Å².